The van der Waals surface area contributed by atoms with Crippen LogP contribution in [0.15, 0.2) is 24.4 Å². The molecule has 1 saturated heterocycles. The van der Waals surface area contributed by atoms with E-state index in [4.69, 9.17) is 0 Å². The topological polar surface area (TPSA) is 75.3 Å². The van der Waals surface area contributed by atoms with Gasteiger partial charge in [-0.1, -0.05) is 0 Å². The van der Waals surface area contributed by atoms with Gasteiger partial charge in [0.15, 0.2) is 11.5 Å². The van der Waals surface area contributed by atoms with E-state index in [1.165, 1.54) is 0 Å². The van der Waals surface area contributed by atoms with Crippen molar-refractivity contribution >= 4 is 17.4 Å². The van der Waals surface area contributed by atoms with Gasteiger partial charge in [-0.15, -0.1) is 10.2 Å². The van der Waals surface area contributed by atoms with Gasteiger partial charge in [0.25, 0.3) is 0 Å². The third-order valence-electron chi connectivity index (χ3n) is 4.65. The van der Waals surface area contributed by atoms with Crippen LogP contribution in [0.5, 0.6) is 0 Å². The van der Waals surface area contributed by atoms with Crippen molar-refractivity contribution in [2.24, 2.45) is 0 Å². The number of aryl methyl sites for hydroxylation is 1. The summed E-state index contributed by atoms with van der Waals surface area (Å²) in [6, 6.07) is 5.85. The fraction of sp³-hybridized carbons (Fsp3) is 0.471. The van der Waals surface area contributed by atoms with Crippen molar-refractivity contribution in [1.29, 1.82) is 0 Å². The van der Waals surface area contributed by atoms with Crippen molar-refractivity contribution in [1.82, 2.24) is 29.8 Å². The van der Waals surface area contributed by atoms with Crippen molar-refractivity contribution in [3.8, 4) is 0 Å². The second kappa shape index (κ2) is 6.27. The molecule has 1 aliphatic heterocycles. The van der Waals surface area contributed by atoms with Crippen LogP contribution in [0.4, 0.5) is 11.8 Å². The molecule has 0 unspecified atom stereocenters. The van der Waals surface area contributed by atoms with Crippen molar-refractivity contribution < 1.29 is 0 Å². The number of aromatic nitrogens is 6. The number of nitrogens with zero attached hydrogens (tertiary/aromatic N) is 8. The summed E-state index contributed by atoms with van der Waals surface area (Å²) in [7, 11) is 3.98. The molecule has 1 fully saturated rings. The van der Waals surface area contributed by atoms with E-state index in [0.29, 0.717) is 5.92 Å². The molecule has 0 aromatic carbocycles. The second-order valence-electron chi connectivity index (χ2n) is 6.67. The van der Waals surface area contributed by atoms with Crippen molar-refractivity contribution in [2.45, 2.75) is 25.7 Å². The Morgan fingerprint density at radius 1 is 1.08 bits per heavy atom. The minimum atomic E-state index is 0.359. The van der Waals surface area contributed by atoms with Crippen LogP contribution >= 0.6 is 0 Å². The molecular weight excluding hydrogens is 316 g/mol. The van der Waals surface area contributed by atoms with Gasteiger partial charge in [0, 0.05) is 39.3 Å². The Labute approximate surface area is 146 Å². The smallest absolute Gasteiger partial charge is 0.227 e. The van der Waals surface area contributed by atoms with Crippen LogP contribution in [0.3, 0.4) is 0 Å². The lowest BCUT2D eigenvalue weighted by Crippen LogP contribution is -2.35. The van der Waals surface area contributed by atoms with Crippen LogP contribution in [-0.4, -0.2) is 57.0 Å². The molecule has 0 bridgehead atoms. The van der Waals surface area contributed by atoms with E-state index in [1.54, 1.807) is 0 Å². The first kappa shape index (κ1) is 15.7. The largest absolute Gasteiger partial charge is 0.363 e. The van der Waals surface area contributed by atoms with Crippen LogP contribution in [-0.2, 0) is 0 Å². The lowest BCUT2D eigenvalue weighted by molar-refractivity contribution is 0.472. The normalized spacial score (nSPS) is 15.7. The third-order valence-corrected chi connectivity index (χ3v) is 4.65. The molecule has 0 radical (unpaired) electrons. The number of rotatable bonds is 3. The van der Waals surface area contributed by atoms with Crippen LogP contribution < -0.4 is 9.80 Å². The van der Waals surface area contributed by atoms with E-state index in [0.717, 1.165) is 54.9 Å². The Hall–Kier alpha value is -2.77. The molecule has 1 aliphatic rings. The summed E-state index contributed by atoms with van der Waals surface area (Å²) in [6.07, 6.45) is 3.81. The van der Waals surface area contributed by atoms with Crippen LogP contribution in [0.25, 0.3) is 5.65 Å². The van der Waals surface area contributed by atoms with Gasteiger partial charge in [0.05, 0.1) is 5.69 Å². The molecule has 0 amide bonds. The first-order valence-electron chi connectivity index (χ1n) is 8.56. The highest BCUT2D eigenvalue weighted by molar-refractivity contribution is 5.43. The molecule has 0 spiro atoms. The lowest BCUT2D eigenvalue weighted by atomic mass is 9.96. The number of hydrogen-bond donors (Lipinski definition) is 0. The Morgan fingerprint density at radius 2 is 1.88 bits per heavy atom. The number of hydrogen-bond acceptors (Lipinski definition) is 7. The van der Waals surface area contributed by atoms with Gasteiger partial charge in [-0.25, -0.2) is 4.98 Å². The predicted octanol–water partition coefficient (Wildman–Crippen LogP) is 1.67. The fourth-order valence-corrected chi connectivity index (χ4v) is 3.23. The second-order valence-corrected chi connectivity index (χ2v) is 6.67. The minimum absolute atomic E-state index is 0.359. The lowest BCUT2D eigenvalue weighted by Gasteiger charge is -2.31. The summed E-state index contributed by atoms with van der Waals surface area (Å²) < 4.78 is 1.89. The Balaban J connectivity index is 1.51. The maximum Gasteiger partial charge on any atom is 0.227 e. The van der Waals surface area contributed by atoms with E-state index in [1.807, 2.05) is 54.8 Å². The molecule has 0 atom stereocenters. The Morgan fingerprint density at radius 3 is 2.64 bits per heavy atom. The predicted molar refractivity (Wildman–Crippen MR) is 96.1 cm³/mol. The third kappa shape index (κ3) is 2.99. The number of piperidine rings is 1. The van der Waals surface area contributed by atoms with Gasteiger partial charge in [-0.05, 0) is 38.0 Å². The van der Waals surface area contributed by atoms with Crippen LogP contribution in [0, 0.1) is 6.92 Å². The van der Waals surface area contributed by atoms with Gasteiger partial charge in [0.1, 0.15) is 5.82 Å². The molecule has 130 valence electrons. The molecule has 4 rings (SSSR count). The molecule has 0 N–H and O–H groups in total. The zero-order chi connectivity index (χ0) is 17.4. The molecular formula is C17H22N8. The number of anilines is 2. The van der Waals surface area contributed by atoms with Crippen LogP contribution in [0.1, 0.15) is 30.3 Å². The molecule has 0 aliphatic carbocycles. The van der Waals surface area contributed by atoms with Gasteiger partial charge >= 0.3 is 0 Å². The summed E-state index contributed by atoms with van der Waals surface area (Å²) in [4.78, 5) is 13.3. The van der Waals surface area contributed by atoms with Crippen molar-refractivity contribution in [3.63, 3.8) is 0 Å². The fourth-order valence-electron chi connectivity index (χ4n) is 3.23. The van der Waals surface area contributed by atoms with Crippen LogP contribution in [0.2, 0.25) is 0 Å². The van der Waals surface area contributed by atoms with E-state index in [-0.39, 0.29) is 0 Å². The zero-order valence-electron chi connectivity index (χ0n) is 14.8. The molecule has 0 saturated carbocycles. The summed E-state index contributed by atoms with van der Waals surface area (Å²) >= 11 is 0. The van der Waals surface area contributed by atoms with E-state index < -0.39 is 0 Å². The first-order valence-corrected chi connectivity index (χ1v) is 8.56. The maximum absolute atomic E-state index is 4.64. The highest BCUT2D eigenvalue weighted by Crippen LogP contribution is 2.28. The van der Waals surface area contributed by atoms with Crippen molar-refractivity contribution in [2.75, 3.05) is 37.0 Å². The van der Waals surface area contributed by atoms with E-state index in [9.17, 15) is 0 Å². The Bertz CT molecular complexity index is 879. The summed E-state index contributed by atoms with van der Waals surface area (Å²) in [6.45, 7) is 3.80. The summed E-state index contributed by atoms with van der Waals surface area (Å²) in [5, 5.41) is 13.2. The highest BCUT2D eigenvalue weighted by atomic mass is 15.4. The Kier molecular flexibility index (Phi) is 3.95. The van der Waals surface area contributed by atoms with Crippen molar-refractivity contribution in [3.05, 3.63) is 35.9 Å². The monoisotopic (exact) mass is 338 g/mol. The van der Waals surface area contributed by atoms with Gasteiger partial charge in [0.2, 0.25) is 5.95 Å². The molecule has 4 heterocycles. The van der Waals surface area contributed by atoms with Gasteiger partial charge in [-0.3, -0.25) is 0 Å². The standard InChI is InChI=1S/C17H22N8/c1-12-4-5-15-20-21-16(25(15)22-12)13-7-10-24(11-8-13)17-18-9-6-14(19-17)23(2)3/h4-6,9,13H,7-8,10-11H2,1-3H3. The highest BCUT2D eigenvalue weighted by Gasteiger charge is 2.26. The average molecular weight is 338 g/mol. The molecule has 8 heteroatoms. The minimum Gasteiger partial charge on any atom is -0.363 e. The average Bonchev–Trinajstić information content (AvgIpc) is 3.05. The zero-order valence-corrected chi connectivity index (χ0v) is 14.8. The summed E-state index contributed by atoms with van der Waals surface area (Å²) in [5.74, 6) is 3.04. The SMILES string of the molecule is Cc1ccc2nnc(C3CCN(c4nccc(N(C)C)n4)CC3)n2n1. The van der Waals surface area contributed by atoms with Gasteiger partial charge in [-0.2, -0.15) is 14.6 Å². The number of fused-ring (bicyclic) bond motifs is 1. The first-order chi connectivity index (χ1) is 12.1. The van der Waals surface area contributed by atoms with E-state index in [2.05, 4.69) is 30.2 Å². The van der Waals surface area contributed by atoms with E-state index >= 15 is 0 Å². The quantitative estimate of drug-likeness (QED) is 0.719. The van der Waals surface area contributed by atoms with Gasteiger partial charge < -0.3 is 9.80 Å². The molecule has 8 nitrogen and oxygen atoms in total. The molecule has 3 aromatic heterocycles. The summed E-state index contributed by atoms with van der Waals surface area (Å²) in [5.41, 5.74) is 1.78. The molecule has 3 aromatic rings. The maximum atomic E-state index is 4.64. The molecule has 25 heavy (non-hydrogen) atoms.